The molecule has 0 spiro atoms. The highest BCUT2D eigenvalue weighted by molar-refractivity contribution is 6.30. The Balaban J connectivity index is 2.18. The predicted octanol–water partition coefficient (Wildman–Crippen LogP) is 2.77. The molecule has 0 bridgehead atoms. The fraction of sp³-hybridized carbons (Fsp3) is 0.182. The Bertz CT molecular complexity index is 572. The van der Waals surface area contributed by atoms with Crippen LogP contribution in [0, 0.1) is 0 Å². The number of carbonyl (C=O) groups is 1. The number of hydrogen-bond donors (Lipinski definition) is 0. The first-order chi connectivity index (χ1) is 8.56. The topological polar surface area (TPSA) is 56.0 Å². The summed E-state index contributed by atoms with van der Waals surface area (Å²) in [6.07, 6.45) is -3.61. The Morgan fingerprint density at radius 2 is 2.22 bits per heavy atom. The molecule has 2 aromatic rings. The molecule has 7 heteroatoms. The van der Waals surface area contributed by atoms with E-state index in [9.17, 15) is 13.6 Å². The third-order valence-electron chi connectivity index (χ3n) is 2.12. The summed E-state index contributed by atoms with van der Waals surface area (Å²) in [7, 11) is 0. The monoisotopic (exact) mass is 272 g/mol. The van der Waals surface area contributed by atoms with Crippen LogP contribution in [0.5, 0.6) is 0 Å². The molecule has 0 saturated heterocycles. The van der Waals surface area contributed by atoms with Gasteiger partial charge in [0.1, 0.15) is 0 Å². The van der Waals surface area contributed by atoms with E-state index in [0.717, 1.165) is 0 Å². The maximum Gasteiger partial charge on any atom is 0.296 e. The third kappa shape index (κ3) is 2.89. The molecule has 0 fully saturated rings. The van der Waals surface area contributed by atoms with Gasteiger partial charge in [0.25, 0.3) is 6.43 Å². The van der Waals surface area contributed by atoms with Gasteiger partial charge in [0.15, 0.2) is 0 Å². The summed E-state index contributed by atoms with van der Waals surface area (Å²) in [5.41, 5.74) is 0.585. The number of nitrogens with zero attached hydrogens (tertiary/aromatic N) is 2. The minimum absolute atomic E-state index is 0.143. The van der Waals surface area contributed by atoms with Crippen LogP contribution in [0.3, 0.4) is 0 Å². The predicted molar refractivity (Wildman–Crippen MR) is 59.5 cm³/mol. The van der Waals surface area contributed by atoms with Crippen molar-refractivity contribution in [3.63, 3.8) is 0 Å². The number of ketones is 1. The molecule has 94 valence electrons. The van der Waals surface area contributed by atoms with E-state index in [2.05, 4.69) is 10.1 Å². The Morgan fingerprint density at radius 1 is 1.44 bits per heavy atom. The second-order valence-electron chi connectivity index (χ2n) is 3.47. The lowest BCUT2D eigenvalue weighted by molar-refractivity contribution is -0.129. The van der Waals surface area contributed by atoms with Crippen molar-refractivity contribution < 1.29 is 18.1 Å². The fourth-order valence-corrected chi connectivity index (χ4v) is 1.49. The van der Waals surface area contributed by atoms with Gasteiger partial charge in [-0.05, 0) is 12.1 Å². The van der Waals surface area contributed by atoms with Crippen LogP contribution in [0.15, 0.2) is 28.8 Å². The lowest BCUT2D eigenvalue weighted by Gasteiger charge is -1.94. The van der Waals surface area contributed by atoms with Crippen molar-refractivity contribution in [2.75, 3.05) is 0 Å². The lowest BCUT2D eigenvalue weighted by atomic mass is 10.2. The van der Waals surface area contributed by atoms with E-state index in [0.29, 0.717) is 10.6 Å². The van der Waals surface area contributed by atoms with E-state index in [-0.39, 0.29) is 11.7 Å². The van der Waals surface area contributed by atoms with Gasteiger partial charge in [-0.3, -0.25) is 4.79 Å². The van der Waals surface area contributed by atoms with Crippen LogP contribution >= 0.6 is 11.6 Å². The van der Waals surface area contributed by atoms with Gasteiger partial charge >= 0.3 is 0 Å². The van der Waals surface area contributed by atoms with E-state index >= 15 is 0 Å². The Labute approximate surface area is 106 Å². The minimum Gasteiger partial charge on any atom is -0.338 e. The van der Waals surface area contributed by atoms with Gasteiger partial charge in [-0.1, -0.05) is 28.9 Å². The minimum atomic E-state index is -3.04. The summed E-state index contributed by atoms with van der Waals surface area (Å²) in [5.74, 6) is -1.19. The van der Waals surface area contributed by atoms with Gasteiger partial charge in [-0.15, -0.1) is 0 Å². The van der Waals surface area contributed by atoms with Gasteiger partial charge in [0.2, 0.25) is 17.5 Å². The molecular formula is C11H7ClF2N2O2. The van der Waals surface area contributed by atoms with Crippen LogP contribution in [-0.4, -0.2) is 22.3 Å². The van der Waals surface area contributed by atoms with E-state index in [1.165, 1.54) is 0 Å². The number of hydrogen-bond acceptors (Lipinski definition) is 4. The lowest BCUT2D eigenvalue weighted by Crippen LogP contribution is -2.12. The summed E-state index contributed by atoms with van der Waals surface area (Å²) in [4.78, 5) is 14.7. The van der Waals surface area contributed by atoms with Crippen LogP contribution < -0.4 is 0 Å². The molecule has 0 amide bonds. The molecule has 1 aromatic heterocycles. The average molecular weight is 273 g/mol. The first-order valence-corrected chi connectivity index (χ1v) is 5.33. The van der Waals surface area contributed by atoms with Crippen molar-refractivity contribution in [2.45, 2.75) is 12.8 Å². The number of carbonyl (C=O) groups excluding carboxylic acids is 1. The summed E-state index contributed by atoms with van der Waals surface area (Å²) < 4.78 is 28.8. The molecule has 0 N–H and O–H groups in total. The number of Topliss-reactive ketones (excluding diaryl/α,β-unsaturated/α-hetero) is 1. The van der Waals surface area contributed by atoms with Crippen LogP contribution in [0.1, 0.15) is 5.89 Å². The molecule has 0 saturated carbocycles. The molecule has 1 aromatic carbocycles. The molecule has 2 rings (SSSR count). The van der Waals surface area contributed by atoms with Crippen LogP contribution in [-0.2, 0) is 11.2 Å². The number of alkyl halides is 2. The van der Waals surface area contributed by atoms with Crippen molar-refractivity contribution in [3.8, 4) is 11.4 Å². The first kappa shape index (κ1) is 12.6. The van der Waals surface area contributed by atoms with Gasteiger partial charge in [0.05, 0.1) is 6.42 Å². The molecule has 4 nitrogen and oxygen atoms in total. The largest absolute Gasteiger partial charge is 0.338 e. The van der Waals surface area contributed by atoms with Gasteiger partial charge < -0.3 is 4.52 Å². The number of aromatic nitrogens is 2. The summed E-state index contributed by atoms with van der Waals surface area (Å²) in [6, 6.07) is 6.66. The molecule has 0 radical (unpaired) electrons. The standard InChI is InChI=1S/C11H7ClF2N2O2/c12-7-3-1-2-6(4-7)11-15-9(18-16-11)5-8(17)10(13)14/h1-4,10H,5H2. The number of rotatable bonds is 4. The number of benzene rings is 1. The maximum atomic E-state index is 12.0. The van der Waals surface area contributed by atoms with Gasteiger partial charge in [-0.25, -0.2) is 8.78 Å². The second kappa shape index (κ2) is 5.22. The van der Waals surface area contributed by atoms with Crippen molar-refractivity contribution in [1.82, 2.24) is 10.1 Å². The van der Waals surface area contributed by atoms with Crippen molar-refractivity contribution in [3.05, 3.63) is 35.2 Å². The zero-order chi connectivity index (χ0) is 13.1. The van der Waals surface area contributed by atoms with E-state index in [4.69, 9.17) is 16.1 Å². The zero-order valence-corrected chi connectivity index (χ0v) is 9.69. The molecule has 0 aliphatic carbocycles. The third-order valence-corrected chi connectivity index (χ3v) is 2.35. The first-order valence-electron chi connectivity index (χ1n) is 4.95. The molecule has 0 aliphatic rings. The number of halogens is 3. The molecular weight excluding hydrogens is 266 g/mol. The molecule has 0 aliphatic heterocycles. The van der Waals surface area contributed by atoms with E-state index in [1.54, 1.807) is 24.3 Å². The molecule has 18 heavy (non-hydrogen) atoms. The quantitative estimate of drug-likeness (QED) is 0.859. The molecule has 1 heterocycles. The van der Waals surface area contributed by atoms with Crippen LogP contribution in [0.25, 0.3) is 11.4 Å². The van der Waals surface area contributed by atoms with Gasteiger partial charge in [-0.2, -0.15) is 4.98 Å². The average Bonchev–Trinajstić information content (AvgIpc) is 2.77. The van der Waals surface area contributed by atoms with Crippen LogP contribution in [0.4, 0.5) is 8.78 Å². The summed E-state index contributed by atoms with van der Waals surface area (Å²) in [5, 5.41) is 4.09. The van der Waals surface area contributed by atoms with Crippen molar-refractivity contribution >= 4 is 17.4 Å². The molecule has 0 atom stereocenters. The highest BCUT2D eigenvalue weighted by atomic mass is 35.5. The maximum absolute atomic E-state index is 12.0. The summed E-state index contributed by atoms with van der Waals surface area (Å²) in [6.45, 7) is 0. The van der Waals surface area contributed by atoms with Gasteiger partial charge in [0, 0.05) is 10.6 Å². The summed E-state index contributed by atoms with van der Waals surface area (Å²) >= 11 is 5.79. The van der Waals surface area contributed by atoms with Crippen molar-refractivity contribution in [2.24, 2.45) is 0 Å². The SMILES string of the molecule is O=C(Cc1nc(-c2cccc(Cl)c2)no1)C(F)F. The smallest absolute Gasteiger partial charge is 0.296 e. The molecule has 0 unspecified atom stereocenters. The normalized spacial score (nSPS) is 10.9. The highest BCUT2D eigenvalue weighted by Gasteiger charge is 2.19. The fourth-order valence-electron chi connectivity index (χ4n) is 1.30. The Kier molecular flexibility index (Phi) is 3.66. The van der Waals surface area contributed by atoms with Crippen LogP contribution in [0.2, 0.25) is 5.02 Å². The van der Waals surface area contributed by atoms with E-state index in [1.807, 2.05) is 0 Å². The van der Waals surface area contributed by atoms with E-state index < -0.39 is 18.6 Å². The van der Waals surface area contributed by atoms with Crippen molar-refractivity contribution in [1.29, 1.82) is 0 Å². The highest BCUT2D eigenvalue weighted by Crippen LogP contribution is 2.20. The zero-order valence-electron chi connectivity index (χ0n) is 8.94. The second-order valence-corrected chi connectivity index (χ2v) is 3.90. The Morgan fingerprint density at radius 3 is 2.89 bits per heavy atom. The Hall–Kier alpha value is -1.82.